The molecule has 0 amide bonds. The Bertz CT molecular complexity index is 453. The molecule has 0 saturated heterocycles. The van der Waals surface area contributed by atoms with Crippen LogP contribution in [0.1, 0.15) is 11.3 Å². The van der Waals surface area contributed by atoms with E-state index in [0.29, 0.717) is 0 Å². The summed E-state index contributed by atoms with van der Waals surface area (Å²) in [4.78, 5) is 8.45. The van der Waals surface area contributed by atoms with Crippen LogP contribution < -0.4 is 0 Å². The van der Waals surface area contributed by atoms with E-state index in [2.05, 4.69) is 23.1 Å². The molecule has 0 bridgehead atoms. The third kappa shape index (κ3) is 1.31. The molecular weight excluding hydrogens is 172 g/mol. The topological polar surface area (TPSA) is 25.2 Å². The van der Waals surface area contributed by atoms with Crippen molar-refractivity contribution in [3.8, 4) is 0 Å². The molecule has 2 nitrogen and oxygen atoms in total. The minimum Gasteiger partial charge on any atom is -0.255 e. The molecule has 0 aromatic carbocycles. The summed E-state index contributed by atoms with van der Waals surface area (Å²) in [6.45, 7) is 7.49. The van der Waals surface area contributed by atoms with Crippen LogP contribution in [0.25, 0.3) is 6.08 Å². The number of fused-ring (bicyclic) bond motifs is 1. The Hall–Kier alpha value is -1.96. The van der Waals surface area contributed by atoms with Gasteiger partial charge in [0.2, 0.25) is 0 Å². The highest BCUT2D eigenvalue weighted by molar-refractivity contribution is 6.17. The van der Waals surface area contributed by atoms with Gasteiger partial charge in [0.25, 0.3) is 0 Å². The van der Waals surface area contributed by atoms with E-state index in [0.717, 1.165) is 22.5 Å². The van der Waals surface area contributed by atoms with Gasteiger partial charge in [0.05, 0.1) is 11.4 Å². The first-order chi connectivity index (χ1) is 6.83. The lowest BCUT2D eigenvalue weighted by Gasteiger charge is -2.12. The molecule has 1 aromatic heterocycles. The maximum Gasteiger partial charge on any atom is 0.0964 e. The van der Waals surface area contributed by atoms with Crippen LogP contribution in [0, 0.1) is 0 Å². The zero-order valence-corrected chi connectivity index (χ0v) is 7.77. The number of nitrogens with zero attached hydrogens (tertiary/aromatic N) is 2. The van der Waals surface area contributed by atoms with Crippen molar-refractivity contribution in [1.29, 1.82) is 0 Å². The van der Waals surface area contributed by atoms with E-state index in [1.54, 1.807) is 6.20 Å². The number of aliphatic imine (C=N–C) groups is 1. The van der Waals surface area contributed by atoms with Crippen molar-refractivity contribution in [2.45, 2.75) is 0 Å². The van der Waals surface area contributed by atoms with E-state index in [4.69, 9.17) is 0 Å². The summed E-state index contributed by atoms with van der Waals surface area (Å²) < 4.78 is 0. The smallest absolute Gasteiger partial charge is 0.0964 e. The van der Waals surface area contributed by atoms with Crippen LogP contribution in [-0.2, 0) is 0 Å². The minimum absolute atomic E-state index is 0.804. The molecule has 0 unspecified atom stereocenters. The Morgan fingerprint density at radius 3 is 3.00 bits per heavy atom. The Kier molecular flexibility index (Phi) is 2.11. The predicted molar refractivity (Wildman–Crippen MR) is 59.1 cm³/mol. The number of rotatable bonds is 1. The van der Waals surface area contributed by atoms with E-state index in [1.165, 1.54) is 6.20 Å². The fraction of sp³-hybridized carbons (Fsp3) is 0. The average molecular weight is 182 g/mol. The summed E-state index contributed by atoms with van der Waals surface area (Å²) in [5.74, 6) is 0. The molecule has 0 aliphatic heterocycles. The zero-order chi connectivity index (χ0) is 9.97. The lowest BCUT2D eigenvalue weighted by Crippen LogP contribution is -2.10. The summed E-state index contributed by atoms with van der Waals surface area (Å²) in [7, 11) is 0. The summed E-state index contributed by atoms with van der Waals surface area (Å²) in [6, 6.07) is 3.91. The molecule has 2 rings (SSSR count). The third-order valence-electron chi connectivity index (χ3n) is 2.05. The average Bonchev–Trinajstić information content (AvgIpc) is 2.23. The second-order valence-corrected chi connectivity index (χ2v) is 2.96. The van der Waals surface area contributed by atoms with Crippen molar-refractivity contribution in [2.24, 2.45) is 4.99 Å². The van der Waals surface area contributed by atoms with Crippen LogP contribution in [0.15, 0.2) is 54.3 Å². The van der Waals surface area contributed by atoms with Crippen LogP contribution >= 0.6 is 0 Å². The monoisotopic (exact) mass is 182 g/mol. The lowest BCUT2D eigenvalue weighted by atomic mass is 9.97. The van der Waals surface area contributed by atoms with Crippen LogP contribution in [0.2, 0.25) is 0 Å². The Balaban J connectivity index is 2.64. The zero-order valence-electron chi connectivity index (χ0n) is 7.77. The maximum absolute atomic E-state index is 4.28. The quantitative estimate of drug-likeness (QED) is 0.655. The van der Waals surface area contributed by atoms with Crippen molar-refractivity contribution in [1.82, 2.24) is 4.98 Å². The SMILES string of the molecule is C=CN=C1C(=C)C=Cc2cccnc21. The number of allylic oxidation sites excluding steroid dienone is 2. The van der Waals surface area contributed by atoms with Crippen molar-refractivity contribution in [3.63, 3.8) is 0 Å². The molecule has 1 aromatic rings. The summed E-state index contributed by atoms with van der Waals surface area (Å²) in [5.41, 5.74) is 3.62. The summed E-state index contributed by atoms with van der Waals surface area (Å²) in [5, 5.41) is 0. The van der Waals surface area contributed by atoms with E-state index < -0.39 is 0 Å². The van der Waals surface area contributed by atoms with Crippen molar-refractivity contribution in [2.75, 3.05) is 0 Å². The van der Waals surface area contributed by atoms with Gasteiger partial charge in [-0.15, -0.1) is 0 Å². The number of hydrogen-bond donors (Lipinski definition) is 0. The van der Waals surface area contributed by atoms with Gasteiger partial charge in [-0.25, -0.2) is 0 Å². The highest BCUT2D eigenvalue weighted by Crippen LogP contribution is 2.20. The number of pyridine rings is 1. The van der Waals surface area contributed by atoms with Crippen molar-refractivity contribution < 1.29 is 0 Å². The van der Waals surface area contributed by atoms with E-state index >= 15 is 0 Å². The number of hydrogen-bond acceptors (Lipinski definition) is 2. The second-order valence-electron chi connectivity index (χ2n) is 2.96. The molecule has 14 heavy (non-hydrogen) atoms. The third-order valence-corrected chi connectivity index (χ3v) is 2.05. The van der Waals surface area contributed by atoms with Gasteiger partial charge in [0.1, 0.15) is 0 Å². The van der Waals surface area contributed by atoms with Crippen LogP contribution in [0.4, 0.5) is 0 Å². The number of aromatic nitrogens is 1. The molecule has 1 heterocycles. The van der Waals surface area contributed by atoms with Crippen LogP contribution in [0.5, 0.6) is 0 Å². The molecule has 68 valence electrons. The van der Waals surface area contributed by atoms with Gasteiger partial charge in [-0.3, -0.25) is 9.98 Å². The highest BCUT2D eigenvalue weighted by atomic mass is 14.8. The van der Waals surface area contributed by atoms with E-state index in [1.807, 2.05) is 24.3 Å². The first-order valence-electron chi connectivity index (χ1n) is 4.34. The molecule has 0 atom stereocenters. The molecule has 0 spiro atoms. The fourth-order valence-corrected chi connectivity index (χ4v) is 1.41. The first-order valence-corrected chi connectivity index (χ1v) is 4.34. The molecule has 2 heteroatoms. The van der Waals surface area contributed by atoms with Gasteiger partial charge in [-0.2, -0.15) is 0 Å². The van der Waals surface area contributed by atoms with E-state index in [9.17, 15) is 0 Å². The van der Waals surface area contributed by atoms with Gasteiger partial charge in [0.15, 0.2) is 0 Å². The Morgan fingerprint density at radius 2 is 2.21 bits per heavy atom. The summed E-state index contributed by atoms with van der Waals surface area (Å²) >= 11 is 0. The molecule has 0 saturated carbocycles. The Labute approximate surface area is 83.0 Å². The normalized spacial score (nSPS) is 16.9. The van der Waals surface area contributed by atoms with Gasteiger partial charge in [0, 0.05) is 18.0 Å². The summed E-state index contributed by atoms with van der Waals surface area (Å²) in [6.07, 6.45) is 7.20. The highest BCUT2D eigenvalue weighted by Gasteiger charge is 2.14. The molecule has 0 radical (unpaired) electrons. The van der Waals surface area contributed by atoms with Gasteiger partial charge in [-0.1, -0.05) is 31.4 Å². The first kappa shape index (κ1) is 8.63. The molecule has 0 fully saturated rings. The van der Waals surface area contributed by atoms with Crippen LogP contribution in [0.3, 0.4) is 0 Å². The predicted octanol–water partition coefficient (Wildman–Crippen LogP) is 2.60. The molecule has 1 aliphatic carbocycles. The molecular formula is C12H10N2. The lowest BCUT2D eigenvalue weighted by molar-refractivity contribution is 1.26. The van der Waals surface area contributed by atoms with E-state index in [-0.39, 0.29) is 0 Å². The van der Waals surface area contributed by atoms with Crippen molar-refractivity contribution >= 4 is 11.8 Å². The standard InChI is InChI=1S/C12H10N2/c1-3-13-11-9(2)6-7-10-5-4-8-14-12(10)11/h3-8H,1-2H2. The van der Waals surface area contributed by atoms with Crippen LogP contribution in [-0.4, -0.2) is 10.7 Å². The van der Waals surface area contributed by atoms with Gasteiger partial charge >= 0.3 is 0 Å². The van der Waals surface area contributed by atoms with Crippen molar-refractivity contribution in [3.05, 3.63) is 60.6 Å². The van der Waals surface area contributed by atoms with Gasteiger partial charge in [-0.05, 0) is 11.6 Å². The molecule has 0 N–H and O–H groups in total. The maximum atomic E-state index is 4.28. The Morgan fingerprint density at radius 1 is 1.36 bits per heavy atom. The minimum atomic E-state index is 0.804. The second kappa shape index (κ2) is 3.42. The largest absolute Gasteiger partial charge is 0.255 e. The van der Waals surface area contributed by atoms with Gasteiger partial charge < -0.3 is 0 Å². The molecule has 1 aliphatic rings. The fourth-order valence-electron chi connectivity index (χ4n) is 1.41.